The van der Waals surface area contributed by atoms with Gasteiger partial charge in [0.15, 0.2) is 0 Å². The molecule has 65 heavy (non-hydrogen) atoms. The van der Waals surface area contributed by atoms with Gasteiger partial charge in [0.05, 0.1) is 24.6 Å². The normalized spacial score (nSPS) is 12.0. The number of hydrogen-bond acceptors (Lipinski definition) is 0. The molecule has 0 aromatic heterocycles. The lowest BCUT2D eigenvalue weighted by Crippen LogP contribution is -2.09. The van der Waals surface area contributed by atoms with Crippen molar-refractivity contribution in [1.82, 2.24) is 0 Å². The van der Waals surface area contributed by atoms with Crippen LogP contribution in [0.15, 0.2) is 0 Å². The van der Waals surface area contributed by atoms with E-state index in [1.54, 1.807) is 12.3 Å². The summed E-state index contributed by atoms with van der Waals surface area (Å²) in [6.07, 6.45) is 89.7. The van der Waals surface area contributed by atoms with Crippen LogP contribution in [0.1, 0.15) is 387 Å². The average Bonchev–Trinajstić information content (AvgIpc) is 3.32. The van der Waals surface area contributed by atoms with Crippen molar-refractivity contribution in [3.63, 3.8) is 0 Å². The van der Waals surface area contributed by atoms with Crippen LogP contribution in [0.5, 0.6) is 0 Å². The molecule has 1 heteroatoms. The maximum Gasteiger partial charge on any atom is 0.0594 e. The molecule has 0 aliphatic carbocycles. The topological polar surface area (TPSA) is 0 Å². The second-order valence-electron chi connectivity index (χ2n) is 22.5. The molecule has 0 heterocycles. The Morgan fingerprint density at radius 3 is 0.354 bits per heavy atom. The molecule has 0 aliphatic heterocycles. The summed E-state index contributed by atoms with van der Waals surface area (Å²) in [7, 11) is -0.660. The summed E-state index contributed by atoms with van der Waals surface area (Å²) in [6.45, 7) is 9.72. The fourth-order valence-corrected chi connectivity index (χ4v) is 14.9. The van der Waals surface area contributed by atoms with Gasteiger partial charge in [0.1, 0.15) is 0 Å². The molecule has 0 amide bonds. The molecule has 0 spiro atoms. The first-order chi connectivity index (χ1) is 32.2. The van der Waals surface area contributed by atoms with Crippen LogP contribution in [0, 0.1) is 0 Å². The van der Waals surface area contributed by atoms with Crippen LogP contribution in [0.25, 0.3) is 0 Å². The smallest absolute Gasteiger partial charge is 0.0594 e. The summed E-state index contributed by atoms with van der Waals surface area (Å²) in [5.41, 5.74) is 0. The molecule has 0 bridgehead atoms. The molecule has 392 valence electrons. The Bertz CT molecular complexity index is 737. The van der Waals surface area contributed by atoms with Crippen molar-refractivity contribution in [2.24, 2.45) is 0 Å². The highest BCUT2D eigenvalue weighted by Crippen LogP contribution is 2.59. The third-order valence-corrected chi connectivity index (χ3v) is 21.5. The largest absolute Gasteiger partial charge is 0.0654 e. The van der Waals surface area contributed by atoms with Crippen molar-refractivity contribution in [3.05, 3.63) is 0 Å². The fourth-order valence-electron chi connectivity index (χ4n) is 11.2. The highest BCUT2D eigenvalue weighted by molar-refractivity contribution is 7.75. The van der Waals surface area contributed by atoms with Crippen molar-refractivity contribution >= 4 is 7.26 Å². The predicted molar refractivity (Wildman–Crippen MR) is 308 cm³/mol. The minimum atomic E-state index is -0.660. The number of rotatable bonds is 60. The molecule has 0 rings (SSSR count). The Hall–Kier alpha value is 0.430. The van der Waals surface area contributed by atoms with E-state index < -0.39 is 7.26 Å². The predicted octanol–water partition coefficient (Wildman–Crippen LogP) is 24.9. The standard InChI is InChI=1S/C64H132P/c1-5-9-11-13-15-17-19-21-23-25-27-29-31-33-35-37-39-41-43-45-47-49-51-53-55-57-59-61-63-65(7-3,8-4)64-62-60-58-56-54-52-50-48-46-44-42-40-38-36-34-32-30-28-26-24-22-20-18-16-14-12-10-6-2/h5-64H2,1-4H3/q+1. The summed E-state index contributed by atoms with van der Waals surface area (Å²) in [4.78, 5) is 0. The Labute approximate surface area is 417 Å². The van der Waals surface area contributed by atoms with E-state index in [1.807, 2.05) is 0 Å². The quantitative estimate of drug-likeness (QED) is 0.0421. The van der Waals surface area contributed by atoms with Crippen LogP contribution >= 0.6 is 7.26 Å². The second-order valence-corrected chi connectivity index (χ2v) is 27.4. The van der Waals surface area contributed by atoms with Gasteiger partial charge in [-0.15, -0.1) is 0 Å². The van der Waals surface area contributed by atoms with Crippen molar-refractivity contribution in [2.75, 3.05) is 24.6 Å². The van der Waals surface area contributed by atoms with Crippen LogP contribution < -0.4 is 0 Å². The van der Waals surface area contributed by atoms with Gasteiger partial charge < -0.3 is 0 Å². The maximum absolute atomic E-state index is 2.54. The first-order valence-corrected chi connectivity index (χ1v) is 34.6. The van der Waals surface area contributed by atoms with Crippen LogP contribution in [0.2, 0.25) is 0 Å². The van der Waals surface area contributed by atoms with Gasteiger partial charge >= 0.3 is 0 Å². The van der Waals surface area contributed by atoms with Gasteiger partial charge in [-0.25, -0.2) is 0 Å². The van der Waals surface area contributed by atoms with Crippen molar-refractivity contribution in [2.45, 2.75) is 387 Å². The van der Waals surface area contributed by atoms with Gasteiger partial charge in [0, 0.05) is 7.26 Å². The van der Waals surface area contributed by atoms with E-state index >= 15 is 0 Å². The summed E-state index contributed by atoms with van der Waals surface area (Å²) >= 11 is 0. The molecule has 0 saturated carbocycles. The Kier molecular flexibility index (Phi) is 59.1. The molecular formula is C64H132P+. The van der Waals surface area contributed by atoms with E-state index in [0.29, 0.717) is 0 Å². The summed E-state index contributed by atoms with van der Waals surface area (Å²) in [5.74, 6) is 0. The van der Waals surface area contributed by atoms with Crippen LogP contribution in [-0.2, 0) is 0 Å². The van der Waals surface area contributed by atoms with Crippen LogP contribution in [0.4, 0.5) is 0 Å². The lowest BCUT2D eigenvalue weighted by Gasteiger charge is -2.25. The van der Waals surface area contributed by atoms with E-state index in [-0.39, 0.29) is 0 Å². The van der Waals surface area contributed by atoms with E-state index in [9.17, 15) is 0 Å². The molecule has 0 radical (unpaired) electrons. The zero-order chi connectivity index (χ0) is 46.9. The number of unbranched alkanes of at least 4 members (excludes halogenated alkanes) is 54. The monoisotopic (exact) mass is 932 g/mol. The summed E-state index contributed by atoms with van der Waals surface area (Å²) < 4.78 is 0. The van der Waals surface area contributed by atoms with Crippen LogP contribution in [-0.4, -0.2) is 24.6 Å². The Balaban J connectivity index is 3.37. The molecule has 0 nitrogen and oxygen atoms in total. The zero-order valence-electron chi connectivity index (χ0n) is 46.9. The van der Waals surface area contributed by atoms with E-state index in [4.69, 9.17) is 0 Å². The van der Waals surface area contributed by atoms with E-state index in [2.05, 4.69) is 27.7 Å². The lowest BCUT2D eigenvalue weighted by atomic mass is 10.0. The minimum Gasteiger partial charge on any atom is -0.0654 e. The third kappa shape index (κ3) is 53.6. The van der Waals surface area contributed by atoms with Crippen molar-refractivity contribution in [1.29, 1.82) is 0 Å². The average molecular weight is 933 g/mol. The Morgan fingerprint density at radius 1 is 0.138 bits per heavy atom. The molecule has 0 saturated heterocycles. The van der Waals surface area contributed by atoms with Gasteiger partial charge in [-0.2, -0.15) is 0 Å². The molecule has 0 unspecified atom stereocenters. The molecule has 0 aromatic carbocycles. The molecule has 0 N–H and O–H groups in total. The van der Waals surface area contributed by atoms with E-state index in [1.165, 1.54) is 372 Å². The zero-order valence-corrected chi connectivity index (χ0v) is 47.8. The first kappa shape index (κ1) is 65.4. The minimum absolute atomic E-state index is 0.660. The summed E-state index contributed by atoms with van der Waals surface area (Å²) in [6, 6.07) is 0. The van der Waals surface area contributed by atoms with Gasteiger partial charge in [-0.05, 0) is 39.5 Å². The first-order valence-electron chi connectivity index (χ1n) is 32.1. The molecular weight excluding hydrogens is 800 g/mol. The molecule has 0 aliphatic rings. The van der Waals surface area contributed by atoms with Crippen molar-refractivity contribution < 1.29 is 0 Å². The maximum atomic E-state index is 2.54. The summed E-state index contributed by atoms with van der Waals surface area (Å²) in [5, 5.41) is 0. The highest BCUT2D eigenvalue weighted by atomic mass is 31.2. The highest BCUT2D eigenvalue weighted by Gasteiger charge is 2.31. The van der Waals surface area contributed by atoms with Crippen molar-refractivity contribution in [3.8, 4) is 0 Å². The molecule has 0 atom stereocenters. The third-order valence-electron chi connectivity index (χ3n) is 16.3. The van der Waals surface area contributed by atoms with E-state index in [0.717, 1.165) is 0 Å². The molecule has 0 fully saturated rings. The fraction of sp³-hybridized carbons (Fsp3) is 1.00. The lowest BCUT2D eigenvalue weighted by molar-refractivity contribution is 0.514. The second kappa shape index (κ2) is 58.7. The Morgan fingerprint density at radius 2 is 0.246 bits per heavy atom. The van der Waals surface area contributed by atoms with Gasteiger partial charge in [0.2, 0.25) is 0 Å². The van der Waals surface area contributed by atoms with Crippen LogP contribution in [0.3, 0.4) is 0 Å². The number of hydrogen-bond donors (Lipinski definition) is 0. The molecule has 0 aromatic rings. The van der Waals surface area contributed by atoms with Gasteiger partial charge in [0.25, 0.3) is 0 Å². The SMILES string of the molecule is CCCCCCCCCCCCCCCCCCCCCCCCCCCCCC[P+](CC)(CC)CCCCCCCCCCCCCCCCCCCCCCCCCCCCCC. The van der Waals surface area contributed by atoms with Gasteiger partial charge in [-0.1, -0.05) is 348 Å². The van der Waals surface area contributed by atoms with Gasteiger partial charge in [-0.3, -0.25) is 0 Å².